The molecule has 0 fully saturated rings. The number of carbonyl (C=O) groups is 1. The second-order valence-electron chi connectivity index (χ2n) is 6.42. The molecule has 148 valence electrons. The van der Waals surface area contributed by atoms with Crippen molar-refractivity contribution in [3.05, 3.63) is 71.7 Å². The number of alkyl halides is 3. The molecule has 0 bridgehead atoms. The normalized spacial score (nSPS) is 11.7. The Kier molecular flexibility index (Phi) is 4.57. The van der Waals surface area contributed by atoms with Crippen molar-refractivity contribution in [2.45, 2.75) is 19.5 Å². The van der Waals surface area contributed by atoms with Crippen LogP contribution in [0.2, 0.25) is 0 Å². The number of aryl methyl sites for hydroxylation is 1. The van der Waals surface area contributed by atoms with E-state index in [1.54, 1.807) is 41.9 Å². The number of carbonyl (C=O) groups excluding carboxylic acids is 1. The molecule has 0 aliphatic heterocycles. The number of nitrogens with zero attached hydrogens (tertiary/aromatic N) is 3. The summed E-state index contributed by atoms with van der Waals surface area (Å²) in [6.07, 6.45) is -3.32. The Morgan fingerprint density at radius 2 is 1.86 bits per heavy atom. The third kappa shape index (κ3) is 3.84. The van der Waals surface area contributed by atoms with E-state index in [4.69, 9.17) is 4.42 Å². The van der Waals surface area contributed by atoms with Gasteiger partial charge in [0.15, 0.2) is 0 Å². The molecule has 9 heteroatoms. The molecule has 0 atom stereocenters. The number of aromatic nitrogens is 3. The quantitative estimate of drug-likeness (QED) is 0.548. The van der Waals surface area contributed by atoms with Crippen molar-refractivity contribution in [3.8, 4) is 11.5 Å². The zero-order valence-corrected chi connectivity index (χ0v) is 15.2. The average Bonchev–Trinajstić information content (AvgIpc) is 3.24. The van der Waals surface area contributed by atoms with Crippen molar-refractivity contribution in [2.24, 2.45) is 0 Å². The van der Waals surface area contributed by atoms with Crippen LogP contribution in [0.3, 0.4) is 0 Å². The van der Waals surface area contributed by atoms with Crippen molar-refractivity contribution in [1.82, 2.24) is 14.6 Å². The highest BCUT2D eigenvalue weighted by Gasteiger charge is 2.33. The minimum Gasteiger partial charge on any atom is -0.417 e. The van der Waals surface area contributed by atoms with Gasteiger partial charge in [0.05, 0.1) is 18.2 Å². The summed E-state index contributed by atoms with van der Waals surface area (Å²) in [4.78, 5) is 16.3. The van der Waals surface area contributed by atoms with Gasteiger partial charge in [-0.25, -0.2) is 4.98 Å². The van der Waals surface area contributed by atoms with Crippen LogP contribution in [0, 0.1) is 6.92 Å². The highest BCUT2D eigenvalue weighted by atomic mass is 19.4. The van der Waals surface area contributed by atoms with E-state index in [-0.39, 0.29) is 12.0 Å². The minimum absolute atomic E-state index is 0.0752. The van der Waals surface area contributed by atoms with Gasteiger partial charge in [-0.05, 0) is 42.8 Å². The van der Waals surface area contributed by atoms with Crippen LogP contribution in [0.1, 0.15) is 17.0 Å². The van der Waals surface area contributed by atoms with Crippen LogP contribution in [0.25, 0.3) is 17.2 Å². The minimum atomic E-state index is -4.51. The second-order valence-corrected chi connectivity index (χ2v) is 6.42. The molecule has 29 heavy (non-hydrogen) atoms. The molecule has 0 aliphatic rings. The number of anilines is 1. The number of benzene rings is 2. The standard InChI is InChI=1S/C20H15F3N4O2/c1-12-24-11-18-27(12)26-19(29-18)13-6-8-15(9-7-13)25-17(28)10-14-4-2-3-5-16(14)20(21,22)23/h2-9,11H,10H2,1H3,(H,25,28). The smallest absolute Gasteiger partial charge is 0.416 e. The molecule has 2 aromatic heterocycles. The summed E-state index contributed by atoms with van der Waals surface area (Å²) in [6.45, 7) is 1.80. The summed E-state index contributed by atoms with van der Waals surface area (Å²) in [7, 11) is 0. The first-order chi connectivity index (χ1) is 13.8. The molecule has 0 aliphatic carbocycles. The van der Waals surface area contributed by atoms with Crippen LogP contribution < -0.4 is 5.32 Å². The summed E-state index contributed by atoms with van der Waals surface area (Å²) >= 11 is 0. The number of hydrogen-bond acceptors (Lipinski definition) is 4. The molecule has 1 amide bonds. The Bertz CT molecular complexity index is 1180. The molecule has 0 saturated heterocycles. The largest absolute Gasteiger partial charge is 0.417 e. The highest BCUT2D eigenvalue weighted by Crippen LogP contribution is 2.32. The first kappa shape index (κ1) is 18.7. The lowest BCUT2D eigenvalue weighted by molar-refractivity contribution is -0.138. The van der Waals surface area contributed by atoms with Crippen molar-refractivity contribution < 1.29 is 22.4 Å². The first-order valence-corrected chi connectivity index (χ1v) is 8.68. The Morgan fingerprint density at radius 3 is 2.55 bits per heavy atom. The predicted molar refractivity (Wildman–Crippen MR) is 99.2 cm³/mol. The predicted octanol–water partition coefficient (Wildman–Crippen LogP) is 4.50. The van der Waals surface area contributed by atoms with Gasteiger partial charge in [-0.3, -0.25) is 4.79 Å². The van der Waals surface area contributed by atoms with Crippen LogP contribution in [-0.2, 0) is 17.4 Å². The number of nitrogens with one attached hydrogen (secondary N) is 1. The van der Waals surface area contributed by atoms with E-state index < -0.39 is 17.6 Å². The van der Waals surface area contributed by atoms with Crippen molar-refractivity contribution in [1.29, 1.82) is 0 Å². The van der Waals surface area contributed by atoms with E-state index in [1.807, 2.05) is 0 Å². The van der Waals surface area contributed by atoms with E-state index >= 15 is 0 Å². The monoisotopic (exact) mass is 400 g/mol. The van der Waals surface area contributed by atoms with E-state index in [2.05, 4.69) is 15.4 Å². The van der Waals surface area contributed by atoms with Crippen LogP contribution in [0.5, 0.6) is 0 Å². The zero-order valence-electron chi connectivity index (χ0n) is 15.2. The number of fused-ring (bicyclic) bond motifs is 1. The Morgan fingerprint density at radius 1 is 1.14 bits per heavy atom. The number of halogens is 3. The molecular weight excluding hydrogens is 385 g/mol. The summed E-state index contributed by atoms with van der Waals surface area (Å²) in [5, 5.41) is 6.92. The van der Waals surface area contributed by atoms with Crippen LogP contribution in [0.4, 0.5) is 18.9 Å². The van der Waals surface area contributed by atoms with Gasteiger partial charge in [-0.1, -0.05) is 18.2 Å². The number of imidazole rings is 1. The summed E-state index contributed by atoms with van der Waals surface area (Å²) < 4.78 is 46.4. The molecule has 6 nitrogen and oxygen atoms in total. The van der Waals surface area contributed by atoms with Crippen LogP contribution in [-0.4, -0.2) is 20.5 Å². The lowest BCUT2D eigenvalue weighted by Gasteiger charge is -2.12. The molecule has 0 unspecified atom stereocenters. The number of amides is 1. The fourth-order valence-electron chi connectivity index (χ4n) is 2.96. The fourth-order valence-corrected chi connectivity index (χ4v) is 2.96. The maximum atomic E-state index is 13.1. The molecule has 2 heterocycles. The van der Waals surface area contributed by atoms with Gasteiger partial charge in [0.2, 0.25) is 17.5 Å². The molecule has 0 saturated carbocycles. The molecule has 0 spiro atoms. The maximum Gasteiger partial charge on any atom is 0.416 e. The third-order valence-electron chi connectivity index (χ3n) is 4.36. The van der Waals surface area contributed by atoms with E-state index in [1.165, 1.54) is 18.2 Å². The van der Waals surface area contributed by atoms with Crippen molar-refractivity contribution in [3.63, 3.8) is 0 Å². The maximum absolute atomic E-state index is 13.1. The highest BCUT2D eigenvalue weighted by molar-refractivity contribution is 5.92. The van der Waals surface area contributed by atoms with Gasteiger partial charge in [0.25, 0.3) is 0 Å². The molecule has 0 radical (unpaired) electrons. The van der Waals surface area contributed by atoms with E-state index in [9.17, 15) is 18.0 Å². The van der Waals surface area contributed by atoms with Gasteiger partial charge in [0.1, 0.15) is 5.82 Å². The number of rotatable bonds is 4. The fraction of sp³-hybridized carbons (Fsp3) is 0.150. The van der Waals surface area contributed by atoms with E-state index in [0.29, 0.717) is 28.7 Å². The second kappa shape index (κ2) is 7.08. The van der Waals surface area contributed by atoms with Gasteiger partial charge in [0, 0.05) is 11.3 Å². The number of hydrogen-bond donors (Lipinski definition) is 1. The summed E-state index contributed by atoms with van der Waals surface area (Å²) in [5.74, 6) is 0.544. The lowest BCUT2D eigenvalue weighted by atomic mass is 10.0. The van der Waals surface area contributed by atoms with Gasteiger partial charge in [-0.2, -0.15) is 17.7 Å². The summed E-state index contributed by atoms with van der Waals surface area (Å²) in [5.41, 5.74) is 0.773. The van der Waals surface area contributed by atoms with Gasteiger partial charge >= 0.3 is 6.18 Å². The topological polar surface area (TPSA) is 72.4 Å². The molecular formula is C20H15F3N4O2. The Hall–Kier alpha value is -3.62. The lowest BCUT2D eigenvalue weighted by Crippen LogP contribution is -2.17. The third-order valence-corrected chi connectivity index (χ3v) is 4.36. The molecule has 1 N–H and O–H groups in total. The molecule has 4 aromatic rings. The zero-order chi connectivity index (χ0) is 20.6. The molecule has 4 rings (SSSR count). The molecule has 2 aromatic carbocycles. The summed E-state index contributed by atoms with van der Waals surface area (Å²) in [6, 6.07) is 11.7. The Balaban J connectivity index is 1.47. The van der Waals surface area contributed by atoms with Gasteiger partial charge in [-0.15, -0.1) is 5.10 Å². The van der Waals surface area contributed by atoms with Gasteiger partial charge < -0.3 is 9.73 Å². The van der Waals surface area contributed by atoms with E-state index in [0.717, 1.165) is 6.07 Å². The van der Waals surface area contributed by atoms with Crippen molar-refractivity contribution >= 4 is 17.3 Å². The SMILES string of the molecule is Cc1ncc2oc(-c3ccc(NC(=O)Cc4ccccc4C(F)(F)F)cc3)nn12. The van der Waals surface area contributed by atoms with Crippen LogP contribution in [0.15, 0.2) is 59.1 Å². The Labute approximate surface area is 163 Å². The van der Waals surface area contributed by atoms with Crippen LogP contribution >= 0.6 is 0 Å². The first-order valence-electron chi connectivity index (χ1n) is 8.68. The van der Waals surface area contributed by atoms with Crippen molar-refractivity contribution in [2.75, 3.05) is 5.32 Å². The average molecular weight is 400 g/mol.